The molecule has 0 radical (unpaired) electrons. The molecular formula is C28H25Cl2FN6O2. The lowest BCUT2D eigenvalue weighted by Gasteiger charge is -2.34. The predicted octanol–water partition coefficient (Wildman–Crippen LogP) is 6.14. The van der Waals surface area contributed by atoms with Crippen LogP contribution in [0.2, 0.25) is 5.02 Å². The van der Waals surface area contributed by atoms with Crippen LogP contribution < -0.4 is 16.0 Å². The molecule has 0 bridgehead atoms. The summed E-state index contributed by atoms with van der Waals surface area (Å²) in [6, 6.07) is 13.4. The molecule has 4 heterocycles. The van der Waals surface area contributed by atoms with Crippen molar-refractivity contribution < 1.29 is 13.7 Å². The second-order valence-corrected chi connectivity index (χ2v) is 9.88. The Labute approximate surface area is 234 Å². The minimum Gasteiger partial charge on any atom is -0.368 e. The molecule has 200 valence electrons. The summed E-state index contributed by atoms with van der Waals surface area (Å²) in [5.74, 6) is -0.832. The molecule has 11 heteroatoms. The van der Waals surface area contributed by atoms with Gasteiger partial charge >= 0.3 is 0 Å². The van der Waals surface area contributed by atoms with Gasteiger partial charge in [0.25, 0.3) is 11.6 Å². The third-order valence-corrected chi connectivity index (χ3v) is 7.16. The number of hydrogen-bond donors (Lipinski definition) is 2. The molecule has 0 unspecified atom stereocenters. The average molecular weight is 567 g/mol. The number of amides is 1. The minimum absolute atomic E-state index is 0. The fraction of sp³-hybridized carbons (Fsp3) is 0.214. The number of anilines is 2. The molecule has 5 aromatic rings. The molecule has 3 aromatic heterocycles. The number of rotatable bonds is 4. The predicted molar refractivity (Wildman–Crippen MR) is 153 cm³/mol. The van der Waals surface area contributed by atoms with Crippen molar-refractivity contribution in [1.29, 1.82) is 0 Å². The zero-order valence-corrected chi connectivity index (χ0v) is 22.5. The monoisotopic (exact) mass is 566 g/mol. The molecule has 1 fully saturated rings. The van der Waals surface area contributed by atoms with Gasteiger partial charge in [0, 0.05) is 30.1 Å². The first-order chi connectivity index (χ1) is 18.4. The largest absolute Gasteiger partial charge is 0.368 e. The fourth-order valence-corrected chi connectivity index (χ4v) is 5.30. The molecule has 39 heavy (non-hydrogen) atoms. The van der Waals surface area contributed by atoms with E-state index >= 15 is 0 Å². The lowest BCUT2D eigenvalue weighted by Crippen LogP contribution is -2.43. The van der Waals surface area contributed by atoms with E-state index in [0.717, 1.165) is 35.8 Å². The maximum Gasteiger partial charge on any atom is 0.274 e. The molecule has 1 atom stereocenters. The van der Waals surface area contributed by atoms with Gasteiger partial charge in [0.05, 0.1) is 39.2 Å². The van der Waals surface area contributed by atoms with Crippen molar-refractivity contribution in [2.75, 3.05) is 23.3 Å². The van der Waals surface area contributed by atoms with Gasteiger partial charge in [-0.25, -0.2) is 14.4 Å². The van der Waals surface area contributed by atoms with Gasteiger partial charge < -0.3 is 20.5 Å². The Balaban J connectivity index is 0.00000308. The standard InChI is InChI=1S/C28H24ClFN6O2.ClH/c1-15-24-26(36-11-3-4-18(31)14-36)23(13-32-28(24)38-35-15)34-27(37)21-10-9-16-7-8-17(12-22(16)33-21)25-19(29)5-2-6-20(25)30;/h2,5-10,12-13,18H,3-4,11,14,31H2,1H3,(H,34,37);1H/t18-;/m0./s1. The van der Waals surface area contributed by atoms with Gasteiger partial charge in [0.1, 0.15) is 11.5 Å². The van der Waals surface area contributed by atoms with E-state index in [2.05, 4.69) is 25.3 Å². The smallest absolute Gasteiger partial charge is 0.274 e. The minimum atomic E-state index is -0.428. The molecule has 1 amide bonds. The number of halogens is 3. The fourth-order valence-electron chi connectivity index (χ4n) is 5.03. The van der Waals surface area contributed by atoms with Gasteiger partial charge in [-0.15, -0.1) is 12.4 Å². The molecule has 3 N–H and O–H groups in total. The molecule has 0 saturated carbocycles. The number of aryl methyl sites for hydroxylation is 1. The van der Waals surface area contributed by atoms with Gasteiger partial charge in [-0.3, -0.25) is 4.79 Å². The van der Waals surface area contributed by atoms with Crippen LogP contribution in [0.15, 0.2) is 59.3 Å². The summed E-state index contributed by atoms with van der Waals surface area (Å²) in [5.41, 5.74) is 10.3. The van der Waals surface area contributed by atoms with Crippen molar-refractivity contribution in [3.63, 3.8) is 0 Å². The summed E-state index contributed by atoms with van der Waals surface area (Å²) >= 11 is 6.27. The zero-order valence-electron chi connectivity index (χ0n) is 20.9. The number of carbonyl (C=O) groups is 1. The zero-order chi connectivity index (χ0) is 26.4. The summed E-state index contributed by atoms with van der Waals surface area (Å²) in [6.45, 7) is 3.27. The summed E-state index contributed by atoms with van der Waals surface area (Å²) in [5, 5.41) is 8.91. The molecular weight excluding hydrogens is 542 g/mol. The van der Waals surface area contributed by atoms with E-state index in [9.17, 15) is 9.18 Å². The van der Waals surface area contributed by atoms with E-state index in [0.29, 0.717) is 45.3 Å². The molecule has 1 aliphatic rings. The lowest BCUT2D eigenvalue weighted by atomic mass is 10.0. The summed E-state index contributed by atoms with van der Waals surface area (Å²) in [7, 11) is 0. The number of aromatic nitrogens is 3. The first-order valence-electron chi connectivity index (χ1n) is 12.3. The van der Waals surface area contributed by atoms with Crippen molar-refractivity contribution in [1.82, 2.24) is 15.1 Å². The Kier molecular flexibility index (Phi) is 7.40. The number of carbonyl (C=O) groups excluding carboxylic acids is 1. The van der Waals surface area contributed by atoms with Crippen LogP contribution in [-0.4, -0.2) is 40.2 Å². The van der Waals surface area contributed by atoms with Crippen molar-refractivity contribution in [3.8, 4) is 11.1 Å². The number of pyridine rings is 2. The number of nitrogens with two attached hydrogens (primary N) is 1. The van der Waals surface area contributed by atoms with E-state index in [1.54, 1.807) is 42.6 Å². The van der Waals surface area contributed by atoms with Crippen LogP contribution in [0.4, 0.5) is 15.8 Å². The average Bonchev–Trinajstić information content (AvgIpc) is 3.28. The van der Waals surface area contributed by atoms with Crippen LogP contribution in [-0.2, 0) is 0 Å². The number of hydrogen-bond acceptors (Lipinski definition) is 7. The molecule has 0 spiro atoms. The number of piperidine rings is 1. The highest BCUT2D eigenvalue weighted by Crippen LogP contribution is 2.37. The second kappa shape index (κ2) is 10.8. The number of nitrogens with zero attached hydrogens (tertiary/aromatic N) is 4. The Hall–Kier alpha value is -3.79. The quantitative estimate of drug-likeness (QED) is 0.268. The Morgan fingerprint density at radius 3 is 2.85 bits per heavy atom. The van der Waals surface area contributed by atoms with Gasteiger partial charge in [0.2, 0.25) is 0 Å². The highest BCUT2D eigenvalue weighted by Gasteiger charge is 2.26. The normalized spacial score (nSPS) is 15.4. The van der Waals surface area contributed by atoms with E-state index in [4.69, 9.17) is 21.9 Å². The van der Waals surface area contributed by atoms with Crippen molar-refractivity contribution in [2.24, 2.45) is 5.73 Å². The Morgan fingerprint density at radius 2 is 2.05 bits per heavy atom. The van der Waals surface area contributed by atoms with E-state index in [1.165, 1.54) is 6.07 Å². The van der Waals surface area contributed by atoms with Gasteiger partial charge in [-0.05, 0) is 49.6 Å². The first-order valence-corrected chi connectivity index (χ1v) is 12.7. The number of benzene rings is 2. The molecule has 0 aliphatic carbocycles. The summed E-state index contributed by atoms with van der Waals surface area (Å²) in [4.78, 5) is 24.5. The van der Waals surface area contributed by atoms with E-state index in [-0.39, 0.29) is 24.1 Å². The SMILES string of the molecule is Cc1noc2ncc(NC(=O)c3ccc4ccc(-c5c(F)cccc5Cl)cc4n3)c(N3CCC[C@H](N)C3)c12.Cl. The number of fused-ring (bicyclic) bond motifs is 2. The van der Waals surface area contributed by atoms with Crippen LogP contribution in [0, 0.1) is 12.7 Å². The molecule has 2 aromatic carbocycles. The summed E-state index contributed by atoms with van der Waals surface area (Å²) in [6.07, 6.45) is 3.44. The maximum absolute atomic E-state index is 14.5. The van der Waals surface area contributed by atoms with Crippen molar-refractivity contribution in [3.05, 3.63) is 77.0 Å². The van der Waals surface area contributed by atoms with Crippen LogP contribution in [0.5, 0.6) is 0 Å². The molecule has 8 nitrogen and oxygen atoms in total. The first kappa shape index (κ1) is 26.8. The van der Waals surface area contributed by atoms with Crippen LogP contribution in [0.25, 0.3) is 33.1 Å². The summed E-state index contributed by atoms with van der Waals surface area (Å²) < 4.78 is 19.9. The van der Waals surface area contributed by atoms with Crippen LogP contribution in [0.1, 0.15) is 29.0 Å². The van der Waals surface area contributed by atoms with Crippen molar-refractivity contribution in [2.45, 2.75) is 25.8 Å². The Bertz CT molecular complexity index is 1690. The number of nitrogens with one attached hydrogen (secondary N) is 1. The van der Waals surface area contributed by atoms with Crippen molar-refractivity contribution >= 4 is 63.3 Å². The van der Waals surface area contributed by atoms with Gasteiger partial charge in [-0.1, -0.05) is 41.0 Å². The molecule has 1 aliphatic heterocycles. The topological polar surface area (TPSA) is 110 Å². The Morgan fingerprint density at radius 1 is 1.23 bits per heavy atom. The third kappa shape index (κ3) is 5.01. The van der Waals surface area contributed by atoms with E-state index in [1.807, 2.05) is 13.0 Å². The van der Waals surface area contributed by atoms with Gasteiger partial charge in [-0.2, -0.15) is 0 Å². The molecule has 1 saturated heterocycles. The van der Waals surface area contributed by atoms with E-state index < -0.39 is 11.7 Å². The highest BCUT2D eigenvalue weighted by atomic mass is 35.5. The lowest BCUT2D eigenvalue weighted by molar-refractivity contribution is 0.102. The molecule has 6 rings (SSSR count). The van der Waals surface area contributed by atoms with Crippen LogP contribution >= 0.6 is 24.0 Å². The van der Waals surface area contributed by atoms with Crippen LogP contribution in [0.3, 0.4) is 0 Å². The maximum atomic E-state index is 14.5. The third-order valence-electron chi connectivity index (χ3n) is 6.85. The second-order valence-electron chi connectivity index (χ2n) is 9.47. The van der Waals surface area contributed by atoms with Gasteiger partial charge in [0.15, 0.2) is 0 Å². The highest BCUT2D eigenvalue weighted by molar-refractivity contribution is 6.33.